The second kappa shape index (κ2) is 8.74. The van der Waals surface area contributed by atoms with Gasteiger partial charge < -0.3 is 24.8 Å². The fourth-order valence-electron chi connectivity index (χ4n) is 1.71. The highest BCUT2D eigenvalue weighted by molar-refractivity contribution is 5.41. The molecular formula is C14H24N2O3. The van der Waals surface area contributed by atoms with E-state index in [0.717, 1.165) is 38.3 Å². The van der Waals surface area contributed by atoms with E-state index in [1.807, 2.05) is 6.07 Å². The molecule has 0 heterocycles. The van der Waals surface area contributed by atoms with Gasteiger partial charge in [-0.2, -0.15) is 0 Å². The third kappa shape index (κ3) is 5.92. The topological polar surface area (TPSA) is 54.0 Å². The zero-order chi connectivity index (χ0) is 14.1. The smallest absolute Gasteiger partial charge is 0.160 e. The Morgan fingerprint density at radius 3 is 2.68 bits per heavy atom. The van der Waals surface area contributed by atoms with E-state index in [9.17, 15) is 5.11 Å². The van der Waals surface area contributed by atoms with E-state index < -0.39 is 0 Å². The number of nitrogens with one attached hydrogen (secondary N) is 1. The van der Waals surface area contributed by atoms with E-state index >= 15 is 0 Å². The maximum absolute atomic E-state index is 9.66. The van der Waals surface area contributed by atoms with Crippen molar-refractivity contribution in [2.24, 2.45) is 0 Å². The minimum Gasteiger partial charge on any atom is -0.504 e. The number of hydrogen-bond acceptors (Lipinski definition) is 5. The molecule has 5 heteroatoms. The summed E-state index contributed by atoms with van der Waals surface area (Å²) in [5, 5.41) is 13.0. The molecule has 0 fully saturated rings. The van der Waals surface area contributed by atoms with E-state index in [4.69, 9.17) is 9.47 Å². The van der Waals surface area contributed by atoms with Crippen molar-refractivity contribution in [2.45, 2.75) is 6.54 Å². The van der Waals surface area contributed by atoms with Crippen molar-refractivity contribution >= 4 is 0 Å². The number of rotatable bonds is 9. The molecule has 1 rings (SSSR count). The summed E-state index contributed by atoms with van der Waals surface area (Å²) < 4.78 is 10.0. The third-order valence-electron chi connectivity index (χ3n) is 2.92. The van der Waals surface area contributed by atoms with Gasteiger partial charge in [-0.15, -0.1) is 0 Å². The maximum Gasteiger partial charge on any atom is 0.160 e. The normalized spacial score (nSPS) is 10.9. The summed E-state index contributed by atoms with van der Waals surface area (Å²) in [6.07, 6.45) is 0. The first-order valence-corrected chi connectivity index (χ1v) is 6.41. The van der Waals surface area contributed by atoms with Gasteiger partial charge in [-0.25, -0.2) is 0 Å². The van der Waals surface area contributed by atoms with Gasteiger partial charge in [0, 0.05) is 33.3 Å². The summed E-state index contributed by atoms with van der Waals surface area (Å²) in [5.74, 6) is 0.682. The minimum absolute atomic E-state index is 0.180. The van der Waals surface area contributed by atoms with Gasteiger partial charge in [0.05, 0.1) is 13.7 Å². The Labute approximate surface area is 115 Å². The Morgan fingerprint density at radius 1 is 1.26 bits per heavy atom. The lowest BCUT2D eigenvalue weighted by atomic mass is 10.2. The van der Waals surface area contributed by atoms with Crippen LogP contribution in [0.2, 0.25) is 0 Å². The molecule has 2 N–H and O–H groups in total. The van der Waals surface area contributed by atoms with Crippen LogP contribution >= 0.6 is 0 Å². The molecule has 0 aliphatic heterocycles. The molecule has 0 aliphatic rings. The molecule has 0 atom stereocenters. The van der Waals surface area contributed by atoms with Gasteiger partial charge in [0.15, 0.2) is 11.5 Å². The first-order chi connectivity index (χ1) is 9.17. The van der Waals surface area contributed by atoms with Crippen LogP contribution in [0, 0.1) is 0 Å². The Bertz CT molecular complexity index is 372. The van der Waals surface area contributed by atoms with E-state index in [1.54, 1.807) is 26.4 Å². The summed E-state index contributed by atoms with van der Waals surface area (Å²) in [4.78, 5) is 2.21. The molecule has 0 amide bonds. The first-order valence-electron chi connectivity index (χ1n) is 6.41. The van der Waals surface area contributed by atoms with Gasteiger partial charge in [-0.05, 0) is 24.7 Å². The predicted molar refractivity (Wildman–Crippen MR) is 75.7 cm³/mol. The molecule has 0 bridgehead atoms. The molecule has 1 aromatic carbocycles. The Morgan fingerprint density at radius 2 is 2.05 bits per heavy atom. The van der Waals surface area contributed by atoms with Crippen molar-refractivity contribution in [3.63, 3.8) is 0 Å². The molecule has 0 spiro atoms. The van der Waals surface area contributed by atoms with Crippen molar-refractivity contribution in [2.75, 3.05) is 47.5 Å². The zero-order valence-corrected chi connectivity index (χ0v) is 12.0. The molecule has 5 nitrogen and oxygen atoms in total. The van der Waals surface area contributed by atoms with Gasteiger partial charge in [0.25, 0.3) is 0 Å². The van der Waals surface area contributed by atoms with E-state index in [2.05, 4.69) is 17.3 Å². The molecule has 0 saturated heterocycles. The van der Waals surface area contributed by atoms with Crippen molar-refractivity contribution in [1.29, 1.82) is 0 Å². The van der Waals surface area contributed by atoms with Crippen LogP contribution in [0.25, 0.3) is 0 Å². The van der Waals surface area contributed by atoms with Gasteiger partial charge in [0.2, 0.25) is 0 Å². The molecule has 108 valence electrons. The van der Waals surface area contributed by atoms with Crippen molar-refractivity contribution in [3.05, 3.63) is 23.8 Å². The average molecular weight is 268 g/mol. The molecule has 0 aromatic heterocycles. The predicted octanol–water partition coefficient (Wildman–Crippen LogP) is 1.07. The van der Waals surface area contributed by atoms with E-state index in [0.29, 0.717) is 5.75 Å². The van der Waals surface area contributed by atoms with Crippen LogP contribution in [0.1, 0.15) is 5.56 Å². The molecule has 19 heavy (non-hydrogen) atoms. The summed E-state index contributed by atoms with van der Waals surface area (Å²) in [6.45, 7) is 4.28. The SMILES string of the molecule is COCCN(C)CCNCc1ccc(OC)c(O)c1. The fraction of sp³-hybridized carbons (Fsp3) is 0.571. The highest BCUT2D eigenvalue weighted by Gasteiger charge is 2.02. The number of aromatic hydroxyl groups is 1. The lowest BCUT2D eigenvalue weighted by Crippen LogP contribution is -2.31. The number of nitrogens with zero attached hydrogens (tertiary/aromatic N) is 1. The Balaban J connectivity index is 2.24. The standard InChI is InChI=1S/C14H24N2O3/c1-16(8-9-18-2)7-6-15-11-12-4-5-14(19-3)13(17)10-12/h4-5,10,15,17H,6-9,11H2,1-3H3. The molecular weight excluding hydrogens is 244 g/mol. The largest absolute Gasteiger partial charge is 0.504 e. The Hall–Kier alpha value is -1.30. The molecule has 0 radical (unpaired) electrons. The summed E-state index contributed by atoms with van der Waals surface area (Å²) >= 11 is 0. The quantitative estimate of drug-likeness (QED) is 0.656. The lowest BCUT2D eigenvalue weighted by Gasteiger charge is -2.16. The fourth-order valence-corrected chi connectivity index (χ4v) is 1.71. The second-order valence-corrected chi connectivity index (χ2v) is 4.48. The van der Waals surface area contributed by atoms with E-state index in [1.165, 1.54) is 0 Å². The third-order valence-corrected chi connectivity index (χ3v) is 2.92. The van der Waals surface area contributed by atoms with Crippen LogP contribution in [0.15, 0.2) is 18.2 Å². The molecule has 0 saturated carbocycles. The summed E-state index contributed by atoms with van der Waals surface area (Å²) in [5.41, 5.74) is 1.04. The highest BCUT2D eigenvalue weighted by atomic mass is 16.5. The van der Waals surface area contributed by atoms with Crippen LogP contribution in [-0.2, 0) is 11.3 Å². The lowest BCUT2D eigenvalue weighted by molar-refractivity contribution is 0.161. The van der Waals surface area contributed by atoms with Crippen LogP contribution in [0.4, 0.5) is 0 Å². The molecule has 0 aliphatic carbocycles. The van der Waals surface area contributed by atoms with Crippen molar-refractivity contribution in [1.82, 2.24) is 10.2 Å². The number of ether oxygens (including phenoxy) is 2. The highest BCUT2D eigenvalue weighted by Crippen LogP contribution is 2.25. The van der Waals surface area contributed by atoms with Crippen LogP contribution in [0.5, 0.6) is 11.5 Å². The molecule has 1 aromatic rings. The van der Waals surface area contributed by atoms with Gasteiger partial charge >= 0.3 is 0 Å². The monoisotopic (exact) mass is 268 g/mol. The van der Waals surface area contributed by atoms with Gasteiger partial charge in [-0.3, -0.25) is 0 Å². The summed E-state index contributed by atoms with van der Waals surface area (Å²) in [7, 11) is 5.32. The van der Waals surface area contributed by atoms with Crippen LogP contribution in [0.3, 0.4) is 0 Å². The van der Waals surface area contributed by atoms with Crippen molar-refractivity contribution in [3.8, 4) is 11.5 Å². The van der Waals surface area contributed by atoms with Gasteiger partial charge in [0.1, 0.15) is 0 Å². The number of phenolic OH excluding ortho intramolecular Hbond substituents is 1. The first kappa shape index (κ1) is 15.8. The zero-order valence-electron chi connectivity index (χ0n) is 12.0. The minimum atomic E-state index is 0.180. The number of methoxy groups -OCH3 is 2. The number of phenols is 1. The number of likely N-dealkylation sites (N-methyl/N-ethyl adjacent to an activating group) is 1. The average Bonchev–Trinajstić information content (AvgIpc) is 2.41. The van der Waals surface area contributed by atoms with E-state index in [-0.39, 0.29) is 5.75 Å². The van der Waals surface area contributed by atoms with Gasteiger partial charge in [-0.1, -0.05) is 6.07 Å². The maximum atomic E-state index is 9.66. The summed E-state index contributed by atoms with van der Waals surface area (Å²) in [6, 6.07) is 5.44. The number of benzene rings is 1. The number of hydrogen-bond donors (Lipinski definition) is 2. The van der Waals surface area contributed by atoms with Crippen molar-refractivity contribution < 1.29 is 14.6 Å². The Kier molecular flexibility index (Phi) is 7.25. The van der Waals surface area contributed by atoms with Crippen LogP contribution in [-0.4, -0.2) is 57.5 Å². The second-order valence-electron chi connectivity index (χ2n) is 4.48. The van der Waals surface area contributed by atoms with Crippen LogP contribution < -0.4 is 10.1 Å². The molecule has 0 unspecified atom stereocenters.